The number of piperazine rings is 1. The topological polar surface area (TPSA) is 6.48 Å². The van der Waals surface area contributed by atoms with Crippen LogP contribution in [0.1, 0.15) is 82.6 Å². The van der Waals surface area contributed by atoms with Crippen molar-refractivity contribution in [2.24, 2.45) is 5.41 Å². The zero-order chi connectivity index (χ0) is 17.8. The Morgan fingerprint density at radius 3 is 2.31 bits per heavy atom. The second kappa shape index (κ2) is 8.33. The molecule has 0 N–H and O–H groups in total. The van der Waals surface area contributed by atoms with Crippen LogP contribution in [0.4, 0.5) is 5.69 Å². The van der Waals surface area contributed by atoms with Crippen LogP contribution in [0.5, 0.6) is 0 Å². The molecule has 2 saturated carbocycles. The summed E-state index contributed by atoms with van der Waals surface area (Å²) in [6, 6.07) is 9.37. The van der Waals surface area contributed by atoms with Gasteiger partial charge in [-0.3, -0.25) is 4.90 Å². The van der Waals surface area contributed by atoms with Crippen molar-refractivity contribution >= 4 is 5.69 Å². The van der Waals surface area contributed by atoms with Crippen molar-refractivity contribution in [2.45, 2.75) is 77.0 Å². The molecular formula is C24H38N2. The van der Waals surface area contributed by atoms with Crippen LogP contribution in [-0.4, -0.2) is 37.6 Å². The van der Waals surface area contributed by atoms with Gasteiger partial charge in [0, 0.05) is 31.9 Å². The highest BCUT2D eigenvalue weighted by Gasteiger charge is 2.38. The van der Waals surface area contributed by atoms with Gasteiger partial charge < -0.3 is 4.90 Å². The van der Waals surface area contributed by atoms with Gasteiger partial charge in [0.1, 0.15) is 0 Å². The van der Waals surface area contributed by atoms with E-state index in [9.17, 15) is 0 Å². The van der Waals surface area contributed by atoms with Crippen LogP contribution in [0, 0.1) is 5.41 Å². The predicted molar refractivity (Wildman–Crippen MR) is 112 cm³/mol. The minimum atomic E-state index is 0.746. The lowest BCUT2D eigenvalue weighted by Gasteiger charge is -2.40. The summed E-state index contributed by atoms with van der Waals surface area (Å²) >= 11 is 0. The summed E-state index contributed by atoms with van der Waals surface area (Å²) in [5, 5.41) is 0. The molecule has 1 aromatic carbocycles. The summed E-state index contributed by atoms with van der Waals surface area (Å²) in [5.74, 6) is 0.801. The first-order chi connectivity index (χ1) is 12.8. The minimum Gasteiger partial charge on any atom is -0.369 e. The van der Waals surface area contributed by atoms with Gasteiger partial charge in [-0.05, 0) is 74.5 Å². The number of unbranched alkanes of at least 4 members (excludes halogenated alkanes) is 1. The van der Waals surface area contributed by atoms with Gasteiger partial charge in [-0.2, -0.15) is 0 Å². The molecule has 0 radical (unpaired) electrons. The quantitative estimate of drug-likeness (QED) is 0.656. The van der Waals surface area contributed by atoms with E-state index in [1.165, 1.54) is 96.9 Å². The smallest absolute Gasteiger partial charge is 0.0402 e. The first kappa shape index (κ1) is 18.3. The molecule has 1 spiro atoms. The van der Waals surface area contributed by atoms with E-state index >= 15 is 0 Å². The van der Waals surface area contributed by atoms with Crippen LogP contribution in [0.25, 0.3) is 0 Å². The third kappa shape index (κ3) is 3.96. The van der Waals surface area contributed by atoms with Gasteiger partial charge in [-0.25, -0.2) is 0 Å². The Kier molecular flexibility index (Phi) is 5.88. The van der Waals surface area contributed by atoms with Gasteiger partial charge in [0.2, 0.25) is 0 Å². The molecule has 1 heterocycles. The number of nitrogens with zero attached hydrogens (tertiary/aromatic N) is 2. The molecule has 0 aromatic heterocycles. The van der Waals surface area contributed by atoms with Crippen molar-refractivity contribution in [1.82, 2.24) is 4.90 Å². The molecule has 3 aliphatic rings. The van der Waals surface area contributed by atoms with Crippen LogP contribution >= 0.6 is 0 Å². The molecule has 2 aliphatic carbocycles. The Balaban J connectivity index is 1.40. The van der Waals surface area contributed by atoms with Crippen molar-refractivity contribution < 1.29 is 0 Å². The molecule has 26 heavy (non-hydrogen) atoms. The minimum absolute atomic E-state index is 0.746. The van der Waals surface area contributed by atoms with Crippen LogP contribution in [-0.2, 0) is 0 Å². The van der Waals surface area contributed by atoms with E-state index < -0.39 is 0 Å². The summed E-state index contributed by atoms with van der Waals surface area (Å²) in [4.78, 5) is 5.34. The average Bonchev–Trinajstić information content (AvgIpc) is 3.15. The van der Waals surface area contributed by atoms with Gasteiger partial charge in [0.15, 0.2) is 0 Å². The summed E-state index contributed by atoms with van der Waals surface area (Å²) in [5.41, 5.74) is 3.95. The lowest BCUT2D eigenvalue weighted by atomic mass is 9.68. The second-order valence-electron chi connectivity index (χ2n) is 9.22. The summed E-state index contributed by atoms with van der Waals surface area (Å²) in [6.45, 7) is 8.47. The maximum absolute atomic E-state index is 2.68. The SMILES string of the molecule is CCCCN1CCN(c2ccccc2C2CCC3(CCCC3)CC2)CC1. The van der Waals surface area contributed by atoms with E-state index in [1.54, 1.807) is 11.3 Å². The van der Waals surface area contributed by atoms with Gasteiger partial charge in [-0.15, -0.1) is 0 Å². The number of para-hydroxylation sites is 1. The Hall–Kier alpha value is -1.02. The standard InChI is InChI=1S/C24H38N2/c1-2-3-16-25-17-19-26(20-18-25)23-9-5-4-8-22(23)21-10-14-24(15-11-21)12-6-7-13-24/h4-5,8-9,21H,2-3,6-7,10-20H2,1H3. The molecule has 0 amide bonds. The normalized spacial score (nSPS) is 24.4. The first-order valence-electron chi connectivity index (χ1n) is 11.4. The van der Waals surface area contributed by atoms with Gasteiger partial charge in [0.25, 0.3) is 0 Å². The maximum atomic E-state index is 2.68. The van der Waals surface area contributed by atoms with Crippen molar-refractivity contribution in [2.75, 3.05) is 37.6 Å². The highest BCUT2D eigenvalue weighted by Crippen LogP contribution is 2.53. The average molecular weight is 355 g/mol. The maximum Gasteiger partial charge on any atom is 0.0402 e. The van der Waals surface area contributed by atoms with Crippen molar-refractivity contribution in [3.8, 4) is 0 Å². The van der Waals surface area contributed by atoms with E-state index in [0.717, 1.165) is 11.3 Å². The number of rotatable bonds is 5. The zero-order valence-corrected chi connectivity index (χ0v) is 16.9. The van der Waals surface area contributed by atoms with Gasteiger partial charge >= 0.3 is 0 Å². The lowest BCUT2D eigenvalue weighted by molar-refractivity contribution is 0.181. The Morgan fingerprint density at radius 2 is 1.62 bits per heavy atom. The van der Waals surface area contributed by atoms with E-state index in [-0.39, 0.29) is 0 Å². The molecule has 1 aromatic rings. The van der Waals surface area contributed by atoms with E-state index in [0.29, 0.717) is 0 Å². The Morgan fingerprint density at radius 1 is 0.923 bits per heavy atom. The highest BCUT2D eigenvalue weighted by atomic mass is 15.3. The highest BCUT2D eigenvalue weighted by molar-refractivity contribution is 5.55. The molecule has 2 nitrogen and oxygen atoms in total. The van der Waals surface area contributed by atoms with Crippen LogP contribution in [0.15, 0.2) is 24.3 Å². The fourth-order valence-corrected chi connectivity index (χ4v) is 5.88. The summed E-state index contributed by atoms with van der Waals surface area (Å²) in [6.07, 6.45) is 14.5. The Bertz CT molecular complexity index is 557. The molecule has 3 fully saturated rings. The molecule has 0 bridgehead atoms. The second-order valence-corrected chi connectivity index (χ2v) is 9.22. The molecule has 0 unspecified atom stereocenters. The largest absolute Gasteiger partial charge is 0.369 e. The van der Waals surface area contributed by atoms with Crippen molar-refractivity contribution in [3.63, 3.8) is 0 Å². The number of hydrogen-bond acceptors (Lipinski definition) is 2. The fourth-order valence-electron chi connectivity index (χ4n) is 5.88. The monoisotopic (exact) mass is 354 g/mol. The third-order valence-corrected chi connectivity index (χ3v) is 7.63. The zero-order valence-electron chi connectivity index (χ0n) is 16.9. The van der Waals surface area contributed by atoms with Crippen molar-refractivity contribution in [3.05, 3.63) is 29.8 Å². The lowest BCUT2D eigenvalue weighted by Crippen LogP contribution is -2.47. The molecule has 2 heteroatoms. The fraction of sp³-hybridized carbons (Fsp3) is 0.750. The number of anilines is 1. The third-order valence-electron chi connectivity index (χ3n) is 7.63. The van der Waals surface area contributed by atoms with Crippen molar-refractivity contribution in [1.29, 1.82) is 0 Å². The van der Waals surface area contributed by atoms with Crippen LogP contribution in [0.2, 0.25) is 0 Å². The summed E-state index contributed by atoms with van der Waals surface area (Å²) < 4.78 is 0. The number of benzene rings is 1. The van der Waals surface area contributed by atoms with E-state index in [4.69, 9.17) is 0 Å². The molecule has 1 saturated heterocycles. The predicted octanol–water partition coefficient (Wildman–Crippen LogP) is 5.83. The van der Waals surface area contributed by atoms with E-state index in [1.807, 2.05) is 0 Å². The van der Waals surface area contributed by atoms with Crippen LogP contribution < -0.4 is 4.90 Å². The van der Waals surface area contributed by atoms with E-state index in [2.05, 4.69) is 41.0 Å². The molecule has 1 aliphatic heterocycles. The Labute approximate surface area is 161 Å². The molecule has 0 atom stereocenters. The van der Waals surface area contributed by atoms with Gasteiger partial charge in [-0.1, -0.05) is 44.4 Å². The van der Waals surface area contributed by atoms with Gasteiger partial charge in [0.05, 0.1) is 0 Å². The first-order valence-corrected chi connectivity index (χ1v) is 11.4. The molecule has 4 rings (SSSR count). The molecular weight excluding hydrogens is 316 g/mol. The number of hydrogen-bond donors (Lipinski definition) is 0. The van der Waals surface area contributed by atoms with Crippen LogP contribution in [0.3, 0.4) is 0 Å². The molecule has 144 valence electrons. The summed E-state index contributed by atoms with van der Waals surface area (Å²) in [7, 11) is 0.